The summed E-state index contributed by atoms with van der Waals surface area (Å²) in [6.45, 7) is 9.63. The van der Waals surface area contributed by atoms with Crippen molar-refractivity contribution in [1.82, 2.24) is 0 Å². The normalized spacial score (nSPS) is 31.4. The number of carbonyl (C=O) groups is 6. The van der Waals surface area contributed by atoms with E-state index in [4.69, 9.17) is 33.2 Å². The van der Waals surface area contributed by atoms with Gasteiger partial charge in [-0.15, -0.1) is 0 Å². The number of hydrogen-bond acceptors (Lipinski definition) is 14. The Labute approximate surface area is 353 Å². The Morgan fingerprint density at radius 3 is 1.61 bits per heavy atom. The largest absolute Gasteiger partial charge is 0.458 e. The lowest BCUT2D eigenvalue weighted by Gasteiger charge is -2.65. The second-order valence-electron chi connectivity index (χ2n) is 17.0. The van der Waals surface area contributed by atoms with Gasteiger partial charge in [-0.25, -0.2) is 14.4 Å². The first-order valence-electron chi connectivity index (χ1n) is 20.2. The van der Waals surface area contributed by atoms with Crippen molar-refractivity contribution in [3.05, 3.63) is 119 Å². The second kappa shape index (κ2) is 16.2. The third-order valence-electron chi connectivity index (χ3n) is 13.0. The number of aliphatic hydroxyl groups is 1. The third-order valence-corrected chi connectivity index (χ3v) is 13.0. The van der Waals surface area contributed by atoms with Crippen LogP contribution in [0.25, 0.3) is 0 Å². The van der Waals surface area contributed by atoms with Gasteiger partial charge in [0.25, 0.3) is 0 Å². The number of benzene rings is 3. The average Bonchev–Trinajstić information content (AvgIpc) is 3.47. The zero-order valence-corrected chi connectivity index (χ0v) is 35.1. The number of ether oxygens (including phenoxy) is 7. The highest BCUT2D eigenvalue weighted by Crippen LogP contribution is 2.69. The van der Waals surface area contributed by atoms with Gasteiger partial charge in [0.2, 0.25) is 0 Å². The summed E-state index contributed by atoms with van der Waals surface area (Å²) in [6.07, 6.45) is -8.57. The van der Waals surface area contributed by atoms with Crippen molar-refractivity contribution < 1.29 is 67.0 Å². The highest BCUT2D eigenvalue weighted by atomic mass is 16.6. The van der Waals surface area contributed by atoms with Crippen LogP contribution in [-0.2, 0) is 47.5 Å². The third kappa shape index (κ3) is 7.39. The molecule has 322 valence electrons. The van der Waals surface area contributed by atoms with Gasteiger partial charge in [-0.1, -0.05) is 61.5 Å². The van der Waals surface area contributed by atoms with Crippen LogP contribution in [0.1, 0.15) is 92.4 Å². The van der Waals surface area contributed by atoms with Crippen LogP contribution in [0.3, 0.4) is 0 Å². The molecular weight excluding hydrogens is 789 g/mol. The summed E-state index contributed by atoms with van der Waals surface area (Å²) in [7, 11) is 0. The van der Waals surface area contributed by atoms with Crippen molar-refractivity contribution in [3.8, 4) is 0 Å². The zero-order chi connectivity index (χ0) is 44.1. The van der Waals surface area contributed by atoms with E-state index < -0.39 is 100 Å². The van der Waals surface area contributed by atoms with Gasteiger partial charge < -0.3 is 38.3 Å². The Bertz CT molecular complexity index is 2230. The summed E-state index contributed by atoms with van der Waals surface area (Å²) in [5.41, 5.74) is -6.42. The van der Waals surface area contributed by atoms with Crippen LogP contribution in [0.4, 0.5) is 0 Å². The minimum Gasteiger partial charge on any atom is -0.458 e. The van der Waals surface area contributed by atoms with Crippen molar-refractivity contribution in [2.45, 2.75) is 109 Å². The summed E-state index contributed by atoms with van der Waals surface area (Å²) in [4.78, 5) is 83.1. The summed E-state index contributed by atoms with van der Waals surface area (Å²) >= 11 is 0. The molecule has 0 bridgehead atoms. The van der Waals surface area contributed by atoms with Crippen molar-refractivity contribution in [3.63, 3.8) is 0 Å². The predicted molar refractivity (Wildman–Crippen MR) is 215 cm³/mol. The lowest BCUT2D eigenvalue weighted by molar-refractivity contribution is -0.350. The molecule has 3 aliphatic carbocycles. The molecule has 0 aromatic heterocycles. The number of fused-ring (bicyclic) bond motifs is 4. The Balaban J connectivity index is 1.60. The minimum absolute atomic E-state index is 0.112. The number of carbonyl (C=O) groups excluding carboxylic acids is 6. The molecule has 61 heavy (non-hydrogen) atoms. The zero-order valence-electron chi connectivity index (χ0n) is 35.1. The first-order chi connectivity index (χ1) is 28.8. The van der Waals surface area contributed by atoms with Gasteiger partial charge in [0.1, 0.15) is 24.4 Å². The molecule has 1 N–H and O–H groups in total. The fourth-order valence-electron chi connectivity index (χ4n) is 10.4. The molecule has 1 saturated heterocycles. The lowest BCUT2D eigenvalue weighted by atomic mass is 9.49. The maximum absolute atomic E-state index is 14.7. The van der Waals surface area contributed by atoms with E-state index in [1.807, 2.05) is 0 Å². The molecule has 3 fully saturated rings. The van der Waals surface area contributed by atoms with Gasteiger partial charge in [-0.05, 0) is 68.3 Å². The standard InChI is InChI=1S/C47H50O14/c1-26-33(56-27(2)48)24-46(44(5,6)54)36(26)37(59-42(52)31-19-13-9-14-20-31)39(57-28(3)49)45(7)34(58-41(51)30-17-11-8-12-18-30)23-35-47(25-55-35,61-29(4)50)38(45)40(46)60-43(53)32-21-15-10-16-22-32/h8-22,33-35,37-40,54H,23-25H2,1-7H3/t33-,34-,35+,37+,38?,39-,40?,45+,46-,47-/m0/s1. The van der Waals surface area contributed by atoms with Crippen molar-refractivity contribution in [2.75, 3.05) is 6.61 Å². The molecule has 3 aromatic carbocycles. The number of hydrogen-bond donors (Lipinski definition) is 1. The van der Waals surface area contributed by atoms with E-state index in [0.717, 1.165) is 6.92 Å². The fraction of sp³-hybridized carbons (Fsp3) is 0.447. The molecule has 3 aromatic rings. The van der Waals surface area contributed by atoms with E-state index in [1.165, 1.54) is 39.8 Å². The first kappa shape index (κ1) is 43.2. The molecule has 4 aliphatic rings. The van der Waals surface area contributed by atoms with Gasteiger partial charge in [-0.2, -0.15) is 0 Å². The molecule has 0 spiro atoms. The van der Waals surface area contributed by atoms with E-state index in [1.54, 1.807) is 92.7 Å². The SMILES string of the molecule is CC(=O)O[C@H]1C[C@]2(C(C)(C)O)C(=C1C)[C@@H](OC(=O)c1ccccc1)[C@H](OC(C)=O)[C@@]1(C)C(C2OC(=O)c2ccccc2)[C@]2(OC(C)=O)CO[C@@H]2C[C@@H]1OC(=O)c1ccccc1. The molecule has 0 amide bonds. The highest BCUT2D eigenvalue weighted by Gasteiger charge is 2.81. The Kier molecular flexibility index (Phi) is 11.5. The second-order valence-corrected chi connectivity index (χ2v) is 17.0. The van der Waals surface area contributed by atoms with Gasteiger partial charge in [0, 0.05) is 33.6 Å². The molecule has 14 nitrogen and oxygen atoms in total. The van der Waals surface area contributed by atoms with Gasteiger partial charge >= 0.3 is 35.8 Å². The summed E-state index contributed by atoms with van der Waals surface area (Å²) in [5.74, 6) is -6.03. The molecule has 1 heterocycles. The number of esters is 6. The summed E-state index contributed by atoms with van der Waals surface area (Å²) in [6, 6.07) is 24.4. The van der Waals surface area contributed by atoms with Crippen LogP contribution in [-0.4, -0.2) is 95.4 Å². The Morgan fingerprint density at radius 1 is 0.672 bits per heavy atom. The van der Waals surface area contributed by atoms with E-state index in [0.29, 0.717) is 5.57 Å². The predicted octanol–water partition coefficient (Wildman–Crippen LogP) is 5.74. The molecule has 2 unspecified atom stereocenters. The molecule has 2 saturated carbocycles. The Morgan fingerprint density at radius 2 is 1.16 bits per heavy atom. The highest BCUT2D eigenvalue weighted by molar-refractivity contribution is 5.91. The number of rotatable bonds is 10. The first-order valence-corrected chi connectivity index (χ1v) is 20.2. The molecule has 14 heteroatoms. The molecule has 10 atom stereocenters. The Hall–Kier alpha value is -5.86. The van der Waals surface area contributed by atoms with Crippen molar-refractivity contribution in [1.29, 1.82) is 0 Å². The van der Waals surface area contributed by atoms with Crippen LogP contribution in [0.5, 0.6) is 0 Å². The van der Waals surface area contributed by atoms with Crippen LogP contribution >= 0.6 is 0 Å². The van der Waals surface area contributed by atoms with Crippen molar-refractivity contribution >= 4 is 35.8 Å². The van der Waals surface area contributed by atoms with E-state index in [-0.39, 0.29) is 41.7 Å². The topological polar surface area (TPSA) is 187 Å². The van der Waals surface area contributed by atoms with Gasteiger partial charge in [-0.3, -0.25) is 14.4 Å². The molecule has 0 radical (unpaired) electrons. The maximum atomic E-state index is 14.7. The van der Waals surface area contributed by atoms with Crippen LogP contribution < -0.4 is 0 Å². The fourth-order valence-corrected chi connectivity index (χ4v) is 10.4. The van der Waals surface area contributed by atoms with Crippen molar-refractivity contribution in [2.24, 2.45) is 16.7 Å². The van der Waals surface area contributed by atoms with E-state index >= 15 is 0 Å². The monoisotopic (exact) mass is 838 g/mol. The maximum Gasteiger partial charge on any atom is 0.338 e. The quantitative estimate of drug-likeness (QED) is 0.148. The minimum atomic E-state index is -1.96. The summed E-state index contributed by atoms with van der Waals surface area (Å²) in [5, 5.41) is 12.9. The lowest BCUT2D eigenvalue weighted by Crippen LogP contribution is -2.79. The average molecular weight is 839 g/mol. The van der Waals surface area contributed by atoms with Gasteiger partial charge in [0.15, 0.2) is 17.8 Å². The molecular formula is C47H50O14. The molecule has 7 rings (SSSR count). The smallest absolute Gasteiger partial charge is 0.338 e. The van der Waals surface area contributed by atoms with Crippen LogP contribution in [0, 0.1) is 16.7 Å². The van der Waals surface area contributed by atoms with Gasteiger partial charge in [0.05, 0.1) is 45.6 Å². The summed E-state index contributed by atoms with van der Waals surface area (Å²) < 4.78 is 44.7. The van der Waals surface area contributed by atoms with E-state index in [2.05, 4.69) is 0 Å². The van der Waals surface area contributed by atoms with Crippen LogP contribution in [0.2, 0.25) is 0 Å². The molecule has 1 aliphatic heterocycles. The van der Waals surface area contributed by atoms with Crippen LogP contribution in [0.15, 0.2) is 102 Å². The van der Waals surface area contributed by atoms with E-state index in [9.17, 15) is 33.9 Å².